The second kappa shape index (κ2) is 9.30. The quantitative estimate of drug-likeness (QED) is 0.384. The molecule has 1 heterocycles. The highest BCUT2D eigenvalue weighted by molar-refractivity contribution is 6.06. The van der Waals surface area contributed by atoms with Gasteiger partial charge in [-0.15, -0.1) is 13.2 Å². The summed E-state index contributed by atoms with van der Waals surface area (Å²) in [5.41, 5.74) is 4.70. The molecule has 0 fully saturated rings. The first-order valence-corrected chi connectivity index (χ1v) is 9.00. The SMILES string of the molecule is COc1ccc(NC(=O)c2ccccc2OC(F)(F)F)cc1Oc1ccnc(N)c1[N+](=O)[O-]. The first-order valence-electron chi connectivity index (χ1n) is 9.00. The fraction of sp³-hybridized carbons (Fsp3) is 0.100. The Morgan fingerprint density at radius 3 is 2.48 bits per heavy atom. The summed E-state index contributed by atoms with van der Waals surface area (Å²) in [6.07, 6.45) is -3.79. The van der Waals surface area contributed by atoms with Crippen LogP contribution < -0.4 is 25.3 Å². The largest absolute Gasteiger partial charge is 0.573 e. The Balaban J connectivity index is 1.91. The summed E-state index contributed by atoms with van der Waals surface area (Å²) < 4.78 is 52.5. The topological polar surface area (TPSA) is 139 Å². The Bertz CT molecular complexity index is 1200. The molecule has 0 aliphatic rings. The lowest BCUT2D eigenvalue weighted by Crippen LogP contribution is -2.20. The summed E-state index contributed by atoms with van der Waals surface area (Å²) in [6.45, 7) is 0. The number of hydrogen-bond donors (Lipinski definition) is 2. The van der Waals surface area contributed by atoms with Crippen molar-refractivity contribution in [2.45, 2.75) is 6.36 Å². The normalized spacial score (nSPS) is 10.9. The Hall–Kier alpha value is -4.55. The number of hydrogen-bond acceptors (Lipinski definition) is 8. The van der Waals surface area contributed by atoms with E-state index in [9.17, 15) is 28.1 Å². The number of aromatic nitrogens is 1. The number of halogens is 3. The molecule has 0 radical (unpaired) electrons. The van der Waals surface area contributed by atoms with Gasteiger partial charge in [0.15, 0.2) is 11.5 Å². The number of carbonyl (C=O) groups excluding carboxylic acids is 1. The Labute approximate surface area is 183 Å². The van der Waals surface area contributed by atoms with Gasteiger partial charge in [-0.05, 0) is 24.3 Å². The molecule has 10 nitrogen and oxygen atoms in total. The van der Waals surface area contributed by atoms with E-state index in [-0.39, 0.29) is 34.3 Å². The number of nitrogen functional groups attached to an aromatic ring is 1. The molecule has 0 aliphatic heterocycles. The molecule has 33 heavy (non-hydrogen) atoms. The lowest BCUT2D eigenvalue weighted by molar-refractivity contribution is -0.384. The number of nitrogens with one attached hydrogen (secondary N) is 1. The van der Waals surface area contributed by atoms with E-state index in [1.807, 2.05) is 0 Å². The number of nitro groups is 1. The highest BCUT2D eigenvalue weighted by atomic mass is 19.4. The van der Waals surface area contributed by atoms with Crippen molar-refractivity contribution in [3.8, 4) is 23.0 Å². The molecule has 0 spiro atoms. The number of anilines is 2. The molecule has 172 valence electrons. The van der Waals surface area contributed by atoms with Gasteiger partial charge in [0, 0.05) is 24.0 Å². The van der Waals surface area contributed by atoms with E-state index < -0.39 is 28.6 Å². The third-order valence-electron chi connectivity index (χ3n) is 4.10. The average Bonchev–Trinajstić information content (AvgIpc) is 2.73. The van der Waals surface area contributed by atoms with Crippen LogP contribution in [-0.2, 0) is 0 Å². The van der Waals surface area contributed by atoms with Crippen LogP contribution in [0.2, 0.25) is 0 Å². The van der Waals surface area contributed by atoms with Gasteiger partial charge in [0.25, 0.3) is 5.91 Å². The van der Waals surface area contributed by atoms with Crippen molar-refractivity contribution in [1.29, 1.82) is 0 Å². The zero-order valence-corrected chi connectivity index (χ0v) is 16.8. The number of alkyl halides is 3. The summed E-state index contributed by atoms with van der Waals surface area (Å²) in [4.78, 5) is 26.8. The predicted octanol–water partition coefficient (Wildman–Crippen LogP) is 4.52. The number of nitrogens with zero attached hydrogens (tertiary/aromatic N) is 2. The molecule has 1 amide bonds. The molecule has 3 rings (SSSR count). The Kier molecular flexibility index (Phi) is 6.51. The van der Waals surface area contributed by atoms with Crippen LogP contribution in [0.25, 0.3) is 0 Å². The minimum absolute atomic E-state index is 0.0381. The molecule has 13 heteroatoms. The number of nitrogens with two attached hydrogens (primary N) is 1. The summed E-state index contributed by atoms with van der Waals surface area (Å²) in [5.74, 6) is -2.08. The number of methoxy groups -OCH3 is 1. The van der Waals surface area contributed by atoms with E-state index in [2.05, 4.69) is 15.0 Å². The standard InChI is InChI=1S/C20H15F3N4O6/c1-31-14-7-6-11(10-16(14)32-15-8-9-25-18(24)17(15)27(29)30)26-19(28)12-4-2-3-5-13(12)33-20(21,22)23/h2-10H,1H3,(H2,24,25)(H,26,28). The third-order valence-corrected chi connectivity index (χ3v) is 4.10. The highest BCUT2D eigenvalue weighted by Gasteiger charge is 2.33. The van der Waals surface area contributed by atoms with Gasteiger partial charge in [0.1, 0.15) is 5.75 Å². The Morgan fingerprint density at radius 1 is 1.09 bits per heavy atom. The van der Waals surface area contributed by atoms with Crippen molar-refractivity contribution in [1.82, 2.24) is 4.98 Å². The average molecular weight is 464 g/mol. The van der Waals surface area contributed by atoms with Crippen LogP contribution in [0.3, 0.4) is 0 Å². The Morgan fingerprint density at radius 2 is 1.82 bits per heavy atom. The number of ether oxygens (including phenoxy) is 3. The van der Waals surface area contributed by atoms with Gasteiger partial charge in [-0.1, -0.05) is 12.1 Å². The van der Waals surface area contributed by atoms with E-state index in [4.69, 9.17) is 15.2 Å². The summed E-state index contributed by atoms with van der Waals surface area (Å²) in [6, 6.07) is 10.1. The van der Waals surface area contributed by atoms with Crippen LogP contribution in [-0.4, -0.2) is 29.3 Å². The van der Waals surface area contributed by atoms with Gasteiger partial charge in [0.2, 0.25) is 11.6 Å². The maximum absolute atomic E-state index is 12.6. The maximum atomic E-state index is 12.6. The lowest BCUT2D eigenvalue weighted by Gasteiger charge is -2.15. The molecule has 0 saturated heterocycles. The van der Waals surface area contributed by atoms with Crippen molar-refractivity contribution in [3.63, 3.8) is 0 Å². The number of amides is 1. The molecule has 0 unspecified atom stereocenters. The van der Waals surface area contributed by atoms with Crippen molar-refractivity contribution in [3.05, 3.63) is 70.4 Å². The molecular formula is C20H15F3N4O6. The summed E-state index contributed by atoms with van der Waals surface area (Å²) in [7, 11) is 1.32. The molecule has 0 aliphatic carbocycles. The summed E-state index contributed by atoms with van der Waals surface area (Å²) in [5, 5.41) is 13.7. The van der Waals surface area contributed by atoms with E-state index in [0.717, 1.165) is 12.1 Å². The van der Waals surface area contributed by atoms with E-state index in [0.29, 0.717) is 0 Å². The minimum atomic E-state index is -4.99. The van der Waals surface area contributed by atoms with Crippen LogP contribution in [0.5, 0.6) is 23.0 Å². The first-order chi connectivity index (χ1) is 15.6. The van der Waals surface area contributed by atoms with E-state index in [1.165, 1.54) is 49.7 Å². The first kappa shape index (κ1) is 23.1. The van der Waals surface area contributed by atoms with Gasteiger partial charge in [-0.3, -0.25) is 14.9 Å². The number of rotatable bonds is 7. The van der Waals surface area contributed by atoms with E-state index >= 15 is 0 Å². The van der Waals surface area contributed by atoms with Crippen LogP contribution in [0.1, 0.15) is 10.4 Å². The smallest absolute Gasteiger partial charge is 0.493 e. The van der Waals surface area contributed by atoms with Gasteiger partial charge in [-0.25, -0.2) is 4.98 Å². The van der Waals surface area contributed by atoms with Gasteiger partial charge >= 0.3 is 12.0 Å². The molecule has 2 aromatic carbocycles. The molecule has 0 bridgehead atoms. The summed E-state index contributed by atoms with van der Waals surface area (Å²) >= 11 is 0. The van der Waals surface area contributed by atoms with Crippen molar-refractivity contribution < 1.29 is 37.1 Å². The van der Waals surface area contributed by atoms with Crippen LogP contribution in [0.4, 0.5) is 30.4 Å². The lowest BCUT2D eigenvalue weighted by atomic mass is 10.1. The molecule has 3 aromatic rings. The minimum Gasteiger partial charge on any atom is -0.493 e. The molecular weight excluding hydrogens is 449 g/mol. The van der Waals surface area contributed by atoms with Crippen molar-refractivity contribution in [2.24, 2.45) is 0 Å². The zero-order chi connectivity index (χ0) is 24.2. The second-order valence-corrected chi connectivity index (χ2v) is 6.27. The molecule has 0 saturated carbocycles. The number of carbonyl (C=O) groups is 1. The van der Waals surface area contributed by atoms with Gasteiger partial charge in [0.05, 0.1) is 17.6 Å². The molecule has 0 atom stereocenters. The maximum Gasteiger partial charge on any atom is 0.573 e. The number of benzene rings is 2. The third kappa shape index (κ3) is 5.58. The zero-order valence-electron chi connectivity index (χ0n) is 16.8. The predicted molar refractivity (Wildman–Crippen MR) is 109 cm³/mol. The van der Waals surface area contributed by atoms with Gasteiger partial charge in [-0.2, -0.15) is 0 Å². The van der Waals surface area contributed by atoms with Gasteiger partial charge < -0.3 is 25.3 Å². The number of para-hydroxylation sites is 1. The van der Waals surface area contributed by atoms with Crippen LogP contribution in [0.15, 0.2) is 54.7 Å². The second-order valence-electron chi connectivity index (χ2n) is 6.27. The van der Waals surface area contributed by atoms with Crippen LogP contribution in [0, 0.1) is 10.1 Å². The molecule has 3 N–H and O–H groups in total. The van der Waals surface area contributed by atoms with E-state index in [1.54, 1.807) is 0 Å². The fourth-order valence-electron chi connectivity index (χ4n) is 2.74. The fourth-order valence-corrected chi connectivity index (χ4v) is 2.74. The number of pyridine rings is 1. The van der Waals surface area contributed by atoms with Crippen molar-refractivity contribution in [2.75, 3.05) is 18.2 Å². The molecule has 1 aromatic heterocycles. The van der Waals surface area contributed by atoms with Crippen molar-refractivity contribution >= 4 is 23.1 Å². The van der Waals surface area contributed by atoms with Crippen LogP contribution >= 0.6 is 0 Å². The monoisotopic (exact) mass is 464 g/mol. The highest BCUT2D eigenvalue weighted by Crippen LogP contribution is 2.39.